The molecule has 0 saturated heterocycles. The van der Waals surface area contributed by atoms with E-state index in [0.717, 1.165) is 6.07 Å². The van der Waals surface area contributed by atoms with Gasteiger partial charge in [0.2, 0.25) is 5.75 Å². The van der Waals surface area contributed by atoms with Crippen molar-refractivity contribution in [3.63, 3.8) is 0 Å². The summed E-state index contributed by atoms with van der Waals surface area (Å²) in [5.74, 6) is -0.872. The average molecular weight is 403 g/mol. The summed E-state index contributed by atoms with van der Waals surface area (Å²) in [7, 11) is 0. The van der Waals surface area contributed by atoms with Gasteiger partial charge in [-0.15, -0.1) is 0 Å². The average Bonchev–Trinajstić information content (AvgIpc) is 2.53. The van der Waals surface area contributed by atoms with Crippen molar-refractivity contribution < 1.29 is 14.5 Å². The number of nitro benzene ring substituents is 1. The van der Waals surface area contributed by atoms with Gasteiger partial charge in [-0.2, -0.15) is 5.10 Å². The molecule has 0 heterocycles. The number of benzene rings is 2. The second-order valence-electron chi connectivity index (χ2n) is 4.63. The zero-order valence-electron chi connectivity index (χ0n) is 12.4. The van der Waals surface area contributed by atoms with Crippen LogP contribution in [-0.2, 0) is 4.79 Å². The number of hydrazone groups is 1. The highest BCUT2D eigenvalue weighted by Crippen LogP contribution is 2.37. The molecule has 10 heteroatoms. The number of nitrogens with one attached hydrogen (secondary N) is 1. The van der Waals surface area contributed by atoms with E-state index < -0.39 is 23.1 Å². The Kier molecular flexibility index (Phi) is 6.58. The number of hydrogen-bond acceptors (Lipinski definition) is 5. The van der Waals surface area contributed by atoms with Crippen molar-refractivity contribution in [2.75, 3.05) is 6.61 Å². The number of nitro groups is 1. The van der Waals surface area contributed by atoms with Crippen LogP contribution in [0, 0.1) is 10.1 Å². The quantitative estimate of drug-likeness (QED) is 0.447. The first-order valence-corrected chi connectivity index (χ1v) is 7.84. The lowest BCUT2D eigenvalue weighted by Gasteiger charge is -2.08. The van der Waals surface area contributed by atoms with Crippen LogP contribution in [0.1, 0.15) is 5.56 Å². The van der Waals surface area contributed by atoms with E-state index in [1.165, 1.54) is 12.3 Å². The molecule has 0 unspecified atom stereocenters. The molecular weight excluding hydrogens is 393 g/mol. The van der Waals surface area contributed by atoms with Crippen LogP contribution in [0.5, 0.6) is 5.75 Å². The van der Waals surface area contributed by atoms with Gasteiger partial charge in [0.1, 0.15) is 0 Å². The number of amides is 1. The summed E-state index contributed by atoms with van der Waals surface area (Å²) in [6.07, 6.45) is 1.39. The Morgan fingerprint density at radius 1 is 1.24 bits per heavy atom. The molecule has 0 aliphatic carbocycles. The van der Waals surface area contributed by atoms with Gasteiger partial charge in [0.25, 0.3) is 5.91 Å². The van der Waals surface area contributed by atoms with Gasteiger partial charge in [-0.1, -0.05) is 46.9 Å². The van der Waals surface area contributed by atoms with Crippen molar-refractivity contribution in [3.05, 3.63) is 67.1 Å². The summed E-state index contributed by atoms with van der Waals surface area (Å²) in [6, 6.07) is 9.20. The third-order valence-electron chi connectivity index (χ3n) is 2.78. The minimum absolute atomic E-state index is 0.0746. The fraction of sp³-hybridized carbons (Fsp3) is 0.0667. The zero-order chi connectivity index (χ0) is 18.4. The van der Waals surface area contributed by atoms with Gasteiger partial charge in [0.15, 0.2) is 6.61 Å². The van der Waals surface area contributed by atoms with Crippen LogP contribution in [0.15, 0.2) is 41.5 Å². The third-order valence-corrected chi connectivity index (χ3v) is 3.52. The van der Waals surface area contributed by atoms with E-state index in [1.54, 1.807) is 24.3 Å². The Morgan fingerprint density at radius 2 is 2.00 bits per heavy atom. The molecule has 0 aliphatic rings. The van der Waals surface area contributed by atoms with Crippen molar-refractivity contribution in [1.29, 1.82) is 0 Å². The smallest absolute Gasteiger partial charge is 0.314 e. The summed E-state index contributed by atoms with van der Waals surface area (Å²) in [5, 5.41) is 15.3. The van der Waals surface area contributed by atoms with Crippen LogP contribution in [-0.4, -0.2) is 23.7 Å². The maximum absolute atomic E-state index is 11.7. The molecular formula is C15H10Cl3N3O4. The molecule has 1 N–H and O–H groups in total. The molecule has 0 fully saturated rings. The van der Waals surface area contributed by atoms with Crippen LogP contribution in [0.2, 0.25) is 15.1 Å². The predicted octanol–water partition coefficient (Wildman–Crippen LogP) is 4.08. The first-order valence-electron chi connectivity index (χ1n) is 6.70. The van der Waals surface area contributed by atoms with E-state index in [0.29, 0.717) is 10.6 Å². The molecule has 0 bridgehead atoms. The molecule has 0 atom stereocenters. The Bertz CT molecular complexity index is 843. The molecule has 7 nitrogen and oxygen atoms in total. The first-order chi connectivity index (χ1) is 11.9. The lowest BCUT2D eigenvalue weighted by atomic mass is 10.2. The molecule has 25 heavy (non-hydrogen) atoms. The largest absolute Gasteiger partial charge is 0.476 e. The summed E-state index contributed by atoms with van der Waals surface area (Å²) < 4.78 is 5.13. The van der Waals surface area contributed by atoms with E-state index in [4.69, 9.17) is 39.5 Å². The fourth-order valence-electron chi connectivity index (χ4n) is 1.76. The number of halogens is 3. The predicted molar refractivity (Wildman–Crippen MR) is 95.8 cm³/mol. The van der Waals surface area contributed by atoms with E-state index in [2.05, 4.69) is 10.5 Å². The monoisotopic (exact) mass is 401 g/mol. The molecule has 2 aromatic carbocycles. The van der Waals surface area contributed by atoms with E-state index in [1.807, 2.05) is 0 Å². The van der Waals surface area contributed by atoms with Gasteiger partial charge in [-0.25, -0.2) is 5.43 Å². The number of hydrogen-bond donors (Lipinski definition) is 1. The highest BCUT2D eigenvalue weighted by molar-refractivity contribution is 6.36. The van der Waals surface area contributed by atoms with E-state index in [9.17, 15) is 14.9 Å². The molecule has 1 amide bonds. The lowest BCUT2D eigenvalue weighted by molar-refractivity contribution is -0.385. The molecule has 0 spiro atoms. The van der Waals surface area contributed by atoms with Crippen molar-refractivity contribution in [2.24, 2.45) is 5.10 Å². The molecule has 0 radical (unpaired) electrons. The first kappa shape index (κ1) is 19.0. The Hall–Kier alpha value is -2.35. The van der Waals surface area contributed by atoms with Crippen LogP contribution in [0.3, 0.4) is 0 Å². The van der Waals surface area contributed by atoms with Gasteiger partial charge in [-0.05, 0) is 23.8 Å². The normalized spacial score (nSPS) is 10.7. The lowest BCUT2D eigenvalue weighted by Crippen LogP contribution is -2.24. The van der Waals surface area contributed by atoms with E-state index >= 15 is 0 Å². The molecule has 0 saturated carbocycles. The SMILES string of the molecule is O=C(COc1c(Cl)cc(Cl)cc1[N+](=O)[O-])N/N=C/c1cccc(Cl)c1. The molecule has 0 aliphatic heterocycles. The maximum atomic E-state index is 11.7. The number of nitrogens with zero attached hydrogens (tertiary/aromatic N) is 2. The van der Waals surface area contributed by atoms with Crippen molar-refractivity contribution in [1.82, 2.24) is 5.43 Å². The third kappa shape index (κ3) is 5.60. The summed E-state index contributed by atoms with van der Waals surface area (Å²) in [5.41, 5.74) is 2.47. The summed E-state index contributed by atoms with van der Waals surface area (Å²) in [4.78, 5) is 22.0. The minimum atomic E-state index is -0.706. The Balaban J connectivity index is 1.97. The summed E-state index contributed by atoms with van der Waals surface area (Å²) >= 11 is 17.4. The minimum Gasteiger partial charge on any atom is -0.476 e. The highest BCUT2D eigenvalue weighted by Gasteiger charge is 2.21. The van der Waals surface area contributed by atoms with Crippen LogP contribution >= 0.6 is 34.8 Å². The van der Waals surface area contributed by atoms with Gasteiger partial charge in [0.05, 0.1) is 16.2 Å². The second-order valence-corrected chi connectivity index (χ2v) is 5.91. The van der Waals surface area contributed by atoms with Gasteiger partial charge >= 0.3 is 5.69 Å². The number of carbonyl (C=O) groups excluding carboxylic acids is 1. The van der Waals surface area contributed by atoms with Crippen molar-refractivity contribution in [2.45, 2.75) is 0 Å². The molecule has 2 aromatic rings. The van der Waals surface area contributed by atoms with Crippen LogP contribution in [0.25, 0.3) is 0 Å². The fourth-order valence-corrected chi connectivity index (χ4v) is 2.50. The standard InChI is InChI=1S/C15H10Cl3N3O4/c16-10-3-1-2-9(4-10)7-19-20-14(22)8-25-15-12(18)5-11(17)6-13(15)21(23)24/h1-7H,8H2,(H,20,22)/b19-7+. The van der Waals surface area contributed by atoms with Crippen LogP contribution in [0.4, 0.5) is 5.69 Å². The number of carbonyl (C=O) groups is 1. The van der Waals surface area contributed by atoms with Gasteiger partial charge in [0, 0.05) is 16.1 Å². The van der Waals surface area contributed by atoms with Crippen molar-refractivity contribution >= 4 is 52.6 Å². The topological polar surface area (TPSA) is 93.8 Å². The highest BCUT2D eigenvalue weighted by atomic mass is 35.5. The van der Waals surface area contributed by atoms with Gasteiger partial charge < -0.3 is 4.74 Å². The van der Waals surface area contributed by atoms with Gasteiger partial charge in [-0.3, -0.25) is 14.9 Å². The molecule has 130 valence electrons. The number of rotatable bonds is 6. The maximum Gasteiger partial charge on any atom is 0.314 e. The Morgan fingerprint density at radius 3 is 2.68 bits per heavy atom. The molecule has 2 rings (SSSR count). The molecule has 0 aromatic heterocycles. The number of ether oxygens (including phenoxy) is 1. The zero-order valence-corrected chi connectivity index (χ0v) is 14.7. The Labute approximate surface area is 157 Å². The van der Waals surface area contributed by atoms with Crippen LogP contribution < -0.4 is 10.2 Å². The van der Waals surface area contributed by atoms with E-state index in [-0.39, 0.29) is 15.8 Å². The summed E-state index contributed by atoms with van der Waals surface area (Å²) in [6.45, 7) is -0.519. The van der Waals surface area contributed by atoms with Crippen molar-refractivity contribution in [3.8, 4) is 5.75 Å². The second kappa shape index (κ2) is 8.66.